The van der Waals surface area contributed by atoms with Gasteiger partial charge in [-0.25, -0.2) is 0 Å². The van der Waals surface area contributed by atoms with Crippen LogP contribution in [-0.4, -0.2) is 29.1 Å². The molecule has 1 N–H and O–H groups in total. The minimum atomic E-state index is -0.792. The van der Waals surface area contributed by atoms with E-state index >= 15 is 0 Å². The van der Waals surface area contributed by atoms with Crippen molar-refractivity contribution in [2.45, 2.75) is 83.8 Å². The van der Waals surface area contributed by atoms with Crippen molar-refractivity contribution in [2.24, 2.45) is 16.7 Å². The summed E-state index contributed by atoms with van der Waals surface area (Å²) in [5.74, 6) is 7.19. The minimum Gasteiger partial charge on any atom is -0.384 e. The molecule has 0 spiro atoms. The topological polar surface area (TPSA) is 23.5 Å². The average molecular weight is 380 g/mol. The maximum atomic E-state index is 11.6. The molecule has 0 unspecified atom stereocenters. The van der Waals surface area contributed by atoms with Gasteiger partial charge in [-0.1, -0.05) is 75.8 Å². The molecule has 152 valence electrons. The monoisotopic (exact) mass is 379 g/mol. The smallest absolute Gasteiger partial charge is 0.103 e. The molecule has 1 aliphatic heterocycles. The van der Waals surface area contributed by atoms with Crippen LogP contribution < -0.4 is 0 Å². The van der Waals surface area contributed by atoms with Crippen LogP contribution in [-0.2, 0) is 5.60 Å². The van der Waals surface area contributed by atoms with Crippen LogP contribution in [0, 0.1) is 28.6 Å². The number of nitrogens with zero attached hydrogens (tertiary/aromatic N) is 1. The number of fused-ring (bicyclic) bond motifs is 2. The summed E-state index contributed by atoms with van der Waals surface area (Å²) in [5, 5.41) is 11.6. The quantitative estimate of drug-likeness (QED) is 0.712. The molecule has 0 radical (unpaired) electrons. The number of aliphatic hydroxyl groups is 1. The molecule has 28 heavy (non-hydrogen) atoms. The molecule has 1 aromatic carbocycles. The summed E-state index contributed by atoms with van der Waals surface area (Å²) < 4.78 is 0. The Hall–Kier alpha value is -1.30. The summed E-state index contributed by atoms with van der Waals surface area (Å²) >= 11 is 0. The lowest BCUT2D eigenvalue weighted by Crippen LogP contribution is -2.35. The van der Waals surface area contributed by atoms with E-state index in [1.54, 1.807) is 0 Å². The summed E-state index contributed by atoms with van der Waals surface area (Å²) in [6.45, 7) is 9.35. The van der Waals surface area contributed by atoms with Gasteiger partial charge >= 0.3 is 0 Å². The highest BCUT2D eigenvalue weighted by Crippen LogP contribution is 2.52. The van der Waals surface area contributed by atoms with E-state index < -0.39 is 5.60 Å². The second-order valence-corrected chi connectivity index (χ2v) is 10.9. The van der Waals surface area contributed by atoms with E-state index in [-0.39, 0.29) is 0 Å². The normalized spacial score (nSPS) is 31.9. The number of hydrogen-bond donors (Lipinski definition) is 1. The van der Waals surface area contributed by atoms with E-state index in [0.717, 1.165) is 24.9 Å². The Balaban J connectivity index is 1.44. The highest BCUT2D eigenvalue weighted by Gasteiger charge is 2.49. The van der Waals surface area contributed by atoms with Crippen molar-refractivity contribution < 1.29 is 5.11 Å². The first kappa shape index (κ1) is 20.0. The van der Waals surface area contributed by atoms with Gasteiger partial charge in [-0.05, 0) is 54.4 Å². The molecule has 0 amide bonds. The average Bonchev–Trinajstić information content (AvgIpc) is 3.25. The van der Waals surface area contributed by atoms with Gasteiger partial charge in [-0.2, -0.15) is 0 Å². The molecule has 3 atom stereocenters. The Morgan fingerprint density at radius 2 is 1.79 bits per heavy atom. The molecule has 1 saturated heterocycles. The predicted octanol–water partition coefficient (Wildman–Crippen LogP) is 5.36. The van der Waals surface area contributed by atoms with Gasteiger partial charge in [0.2, 0.25) is 0 Å². The fourth-order valence-corrected chi connectivity index (χ4v) is 6.73. The van der Waals surface area contributed by atoms with Crippen LogP contribution in [0.5, 0.6) is 0 Å². The standard InChI is InChI=1S/C26H37NO/c1-24(2)17-23-18-25(3,19-24)20-27(23)16-10-9-15-26(28,22-13-7-8-14-22)21-11-5-4-6-12-21/h4-6,11-12,22-23,28H,7-8,13-20H2,1-3H3/t23-,25+,26+/m0/s1. The lowest BCUT2D eigenvalue weighted by atomic mass is 9.65. The number of likely N-dealkylation sites (tertiary alicyclic amines) is 1. The molecule has 2 heteroatoms. The van der Waals surface area contributed by atoms with Gasteiger partial charge in [0.15, 0.2) is 0 Å². The number of benzene rings is 1. The van der Waals surface area contributed by atoms with Gasteiger partial charge in [0.05, 0.1) is 6.54 Å². The van der Waals surface area contributed by atoms with E-state index in [1.165, 1.54) is 38.6 Å². The first-order valence-electron chi connectivity index (χ1n) is 11.3. The van der Waals surface area contributed by atoms with Crippen molar-refractivity contribution >= 4 is 0 Å². The first-order chi connectivity index (χ1) is 13.3. The Morgan fingerprint density at radius 1 is 1.07 bits per heavy atom. The van der Waals surface area contributed by atoms with Crippen molar-refractivity contribution in [2.75, 3.05) is 13.1 Å². The molecule has 2 saturated carbocycles. The van der Waals surface area contributed by atoms with Crippen LogP contribution in [0.15, 0.2) is 30.3 Å². The molecule has 0 aromatic heterocycles. The van der Waals surface area contributed by atoms with Crippen LogP contribution in [0.4, 0.5) is 0 Å². The molecule has 3 fully saturated rings. The highest BCUT2D eigenvalue weighted by molar-refractivity contribution is 5.26. The van der Waals surface area contributed by atoms with E-state index in [1.807, 2.05) is 18.2 Å². The van der Waals surface area contributed by atoms with Crippen molar-refractivity contribution in [1.29, 1.82) is 0 Å². The second-order valence-electron chi connectivity index (χ2n) is 10.9. The van der Waals surface area contributed by atoms with Gasteiger partial charge in [0, 0.05) is 19.0 Å². The van der Waals surface area contributed by atoms with Gasteiger partial charge in [0.25, 0.3) is 0 Å². The summed E-state index contributed by atoms with van der Waals surface area (Å²) in [7, 11) is 0. The van der Waals surface area contributed by atoms with Crippen molar-refractivity contribution in [3.05, 3.63) is 35.9 Å². The maximum absolute atomic E-state index is 11.6. The zero-order valence-corrected chi connectivity index (χ0v) is 18.0. The second kappa shape index (κ2) is 7.51. The van der Waals surface area contributed by atoms with E-state index in [4.69, 9.17) is 0 Å². The molecule has 2 bridgehead atoms. The summed E-state index contributed by atoms with van der Waals surface area (Å²) in [6, 6.07) is 10.9. The van der Waals surface area contributed by atoms with Gasteiger partial charge in [-0.15, -0.1) is 0 Å². The first-order valence-corrected chi connectivity index (χ1v) is 11.3. The number of hydrogen-bond acceptors (Lipinski definition) is 2. The summed E-state index contributed by atoms with van der Waals surface area (Å²) in [6.07, 6.45) is 9.21. The lowest BCUT2D eigenvalue weighted by Gasteiger charge is -2.39. The molecule has 3 aliphatic rings. The molecule has 2 aliphatic carbocycles. The Bertz CT molecular complexity index is 739. The van der Waals surface area contributed by atoms with Gasteiger partial charge in [-0.3, -0.25) is 4.90 Å². The van der Waals surface area contributed by atoms with Crippen LogP contribution >= 0.6 is 0 Å². The molecular weight excluding hydrogens is 342 g/mol. The fourth-order valence-electron chi connectivity index (χ4n) is 6.73. The Morgan fingerprint density at radius 3 is 2.50 bits per heavy atom. The van der Waals surface area contributed by atoms with E-state index in [0.29, 0.717) is 29.2 Å². The number of rotatable bonds is 4. The molecule has 4 rings (SSSR count). The van der Waals surface area contributed by atoms with Gasteiger partial charge in [0.1, 0.15) is 5.60 Å². The molecule has 2 nitrogen and oxygen atoms in total. The maximum Gasteiger partial charge on any atom is 0.103 e. The Kier molecular flexibility index (Phi) is 5.36. The third kappa shape index (κ3) is 4.03. The predicted molar refractivity (Wildman–Crippen MR) is 116 cm³/mol. The van der Waals surface area contributed by atoms with Crippen molar-refractivity contribution in [3.63, 3.8) is 0 Å². The lowest BCUT2D eigenvalue weighted by molar-refractivity contribution is -0.0173. The van der Waals surface area contributed by atoms with Crippen molar-refractivity contribution in [3.8, 4) is 11.8 Å². The SMILES string of the molecule is CC1(C)C[C@H]2C[C@@](C)(CN2CC#CC[C@@](O)(c2ccccc2)C2CCCC2)C1. The minimum absolute atomic E-state index is 0.343. The summed E-state index contributed by atoms with van der Waals surface area (Å²) in [4.78, 5) is 2.61. The molecule has 1 aromatic rings. The highest BCUT2D eigenvalue weighted by atomic mass is 16.3. The molecular formula is C26H37NO. The summed E-state index contributed by atoms with van der Waals surface area (Å²) in [5.41, 5.74) is 1.17. The van der Waals surface area contributed by atoms with Crippen LogP contribution in [0.1, 0.15) is 77.7 Å². The van der Waals surface area contributed by atoms with Crippen LogP contribution in [0.2, 0.25) is 0 Å². The fraction of sp³-hybridized carbons (Fsp3) is 0.692. The Labute approximate surface area is 171 Å². The van der Waals surface area contributed by atoms with Crippen LogP contribution in [0.3, 0.4) is 0 Å². The van der Waals surface area contributed by atoms with Crippen LogP contribution in [0.25, 0.3) is 0 Å². The van der Waals surface area contributed by atoms with E-state index in [2.05, 4.69) is 49.6 Å². The molecule has 1 heterocycles. The van der Waals surface area contributed by atoms with Gasteiger partial charge < -0.3 is 5.11 Å². The third-order valence-electron chi connectivity index (χ3n) is 7.59. The van der Waals surface area contributed by atoms with E-state index in [9.17, 15) is 5.11 Å². The third-order valence-corrected chi connectivity index (χ3v) is 7.59. The largest absolute Gasteiger partial charge is 0.384 e. The zero-order valence-electron chi connectivity index (χ0n) is 18.0. The zero-order chi connectivity index (χ0) is 19.8. The van der Waals surface area contributed by atoms with Crippen molar-refractivity contribution in [1.82, 2.24) is 4.90 Å².